The van der Waals surface area contributed by atoms with Gasteiger partial charge in [-0.3, -0.25) is 0 Å². The third-order valence-electron chi connectivity index (χ3n) is 14.9. The van der Waals surface area contributed by atoms with Gasteiger partial charge in [-0.2, -0.15) is 0 Å². The number of anilines is 3. The van der Waals surface area contributed by atoms with Gasteiger partial charge in [0.05, 0.1) is 5.69 Å². The van der Waals surface area contributed by atoms with E-state index in [1.807, 2.05) is 0 Å². The number of fused-ring (bicyclic) bond motifs is 7. The lowest BCUT2D eigenvalue weighted by Gasteiger charge is -2.32. The number of rotatable bonds is 8. The second kappa shape index (κ2) is 16.8. The largest absolute Gasteiger partial charge is 0.309 e. The molecule has 0 heterocycles. The van der Waals surface area contributed by atoms with E-state index in [2.05, 4.69) is 280 Å². The second-order valence-electron chi connectivity index (χ2n) is 19.2. The van der Waals surface area contributed by atoms with E-state index in [0.717, 1.165) is 17.1 Å². The van der Waals surface area contributed by atoms with Crippen LogP contribution in [0.4, 0.5) is 17.1 Å². The molecule has 1 aliphatic rings. The van der Waals surface area contributed by atoms with Gasteiger partial charge in [-0.05, 0) is 136 Å². The summed E-state index contributed by atoms with van der Waals surface area (Å²) in [5.74, 6) is 0. The standard InChI is InChI=1S/C69H49N/c1-69(2)65-44-52(47-19-7-4-8-20-47)37-41-61(65)62-42-40-56(45-66(62)69)70(55-38-35-50(36-39-55)49-33-31-48(32-34-49)46-17-5-3-6-18-46)68-64-29-14-12-27-60(64)59-26-11-13-28-63(59)67(68)54-24-15-23-53(43-54)58-30-16-22-51-21-9-10-25-57(51)58/h3-45H,1-2H3. The van der Waals surface area contributed by atoms with Gasteiger partial charge in [0.15, 0.2) is 0 Å². The molecule has 0 atom stereocenters. The van der Waals surface area contributed by atoms with Crippen molar-refractivity contribution in [3.05, 3.63) is 272 Å². The zero-order chi connectivity index (χ0) is 46.8. The molecule has 0 aliphatic heterocycles. The van der Waals surface area contributed by atoms with E-state index in [-0.39, 0.29) is 5.41 Å². The molecular formula is C69H49N. The van der Waals surface area contributed by atoms with Crippen molar-refractivity contribution in [3.63, 3.8) is 0 Å². The first-order valence-corrected chi connectivity index (χ1v) is 24.4. The van der Waals surface area contributed by atoms with Crippen LogP contribution in [0.25, 0.3) is 99.1 Å². The zero-order valence-electron chi connectivity index (χ0n) is 39.3. The fraction of sp³-hybridized carbons (Fsp3) is 0.0435. The molecule has 13 rings (SSSR count). The smallest absolute Gasteiger partial charge is 0.0624 e. The summed E-state index contributed by atoms with van der Waals surface area (Å²) in [6.07, 6.45) is 0. The molecule has 0 spiro atoms. The van der Waals surface area contributed by atoms with Crippen LogP contribution in [0.5, 0.6) is 0 Å². The van der Waals surface area contributed by atoms with E-state index in [4.69, 9.17) is 0 Å². The Morgan fingerprint density at radius 2 is 0.714 bits per heavy atom. The number of benzene rings is 12. The Bertz CT molecular complexity index is 3930. The van der Waals surface area contributed by atoms with Crippen LogP contribution in [-0.4, -0.2) is 0 Å². The maximum atomic E-state index is 2.55. The van der Waals surface area contributed by atoms with E-state index in [1.54, 1.807) is 0 Å². The third-order valence-corrected chi connectivity index (χ3v) is 14.9. The van der Waals surface area contributed by atoms with Gasteiger partial charge in [-0.15, -0.1) is 0 Å². The first-order chi connectivity index (χ1) is 34.5. The lowest BCUT2D eigenvalue weighted by molar-refractivity contribution is 0.660. The van der Waals surface area contributed by atoms with Crippen LogP contribution in [0.2, 0.25) is 0 Å². The molecule has 0 saturated heterocycles. The lowest BCUT2D eigenvalue weighted by atomic mass is 9.81. The molecule has 0 amide bonds. The Labute approximate surface area is 410 Å². The molecule has 1 aliphatic carbocycles. The summed E-state index contributed by atoms with van der Waals surface area (Å²) < 4.78 is 0. The van der Waals surface area contributed by atoms with Gasteiger partial charge in [0.25, 0.3) is 0 Å². The molecule has 12 aromatic rings. The van der Waals surface area contributed by atoms with Crippen molar-refractivity contribution in [2.75, 3.05) is 4.90 Å². The maximum absolute atomic E-state index is 2.55. The molecule has 1 heteroatoms. The third kappa shape index (κ3) is 6.93. The van der Waals surface area contributed by atoms with Crippen molar-refractivity contribution in [2.45, 2.75) is 19.3 Å². The molecule has 0 N–H and O–H groups in total. The Hall–Kier alpha value is -8.78. The van der Waals surface area contributed by atoms with Gasteiger partial charge in [0, 0.05) is 27.7 Å². The Morgan fingerprint density at radius 1 is 0.271 bits per heavy atom. The van der Waals surface area contributed by atoms with Crippen LogP contribution in [0, 0.1) is 0 Å². The highest BCUT2D eigenvalue weighted by atomic mass is 15.1. The summed E-state index contributed by atoms with van der Waals surface area (Å²) in [5, 5.41) is 7.37. The monoisotopic (exact) mass is 891 g/mol. The van der Waals surface area contributed by atoms with E-state index < -0.39 is 0 Å². The molecule has 0 radical (unpaired) electrons. The predicted octanol–water partition coefficient (Wildman–Crippen LogP) is 19.3. The SMILES string of the molecule is CC1(C)c2cc(-c3ccccc3)ccc2-c2ccc(N(c3ccc(-c4ccc(-c5ccccc5)cc4)cc3)c3c(-c4cccc(-c5cccc6ccccc56)c4)c4ccccc4c4ccccc34)cc21. The van der Waals surface area contributed by atoms with Crippen LogP contribution < -0.4 is 4.90 Å². The average Bonchev–Trinajstić information content (AvgIpc) is 3.65. The van der Waals surface area contributed by atoms with E-state index in [9.17, 15) is 0 Å². The van der Waals surface area contributed by atoms with Gasteiger partial charge >= 0.3 is 0 Å². The van der Waals surface area contributed by atoms with Crippen molar-refractivity contribution in [3.8, 4) is 66.8 Å². The van der Waals surface area contributed by atoms with Gasteiger partial charge in [0.2, 0.25) is 0 Å². The summed E-state index contributed by atoms with van der Waals surface area (Å²) in [5.41, 5.74) is 20.5. The van der Waals surface area contributed by atoms with Gasteiger partial charge < -0.3 is 4.90 Å². The minimum absolute atomic E-state index is 0.242. The number of hydrogen-bond acceptors (Lipinski definition) is 1. The number of nitrogens with zero attached hydrogens (tertiary/aromatic N) is 1. The van der Waals surface area contributed by atoms with E-state index >= 15 is 0 Å². The quantitative estimate of drug-likeness (QED) is 0.137. The first-order valence-electron chi connectivity index (χ1n) is 24.4. The topological polar surface area (TPSA) is 3.24 Å². The second-order valence-corrected chi connectivity index (χ2v) is 19.2. The highest BCUT2D eigenvalue weighted by molar-refractivity contribution is 6.22. The van der Waals surface area contributed by atoms with Gasteiger partial charge in [-0.25, -0.2) is 0 Å². The molecule has 0 aromatic heterocycles. The molecule has 330 valence electrons. The molecular weight excluding hydrogens is 843 g/mol. The zero-order valence-corrected chi connectivity index (χ0v) is 39.3. The van der Waals surface area contributed by atoms with Crippen molar-refractivity contribution in [1.29, 1.82) is 0 Å². The van der Waals surface area contributed by atoms with Crippen LogP contribution in [0.1, 0.15) is 25.0 Å². The van der Waals surface area contributed by atoms with Crippen LogP contribution in [0.15, 0.2) is 261 Å². The van der Waals surface area contributed by atoms with E-state index in [0.29, 0.717) is 0 Å². The van der Waals surface area contributed by atoms with Crippen molar-refractivity contribution < 1.29 is 0 Å². The molecule has 0 unspecified atom stereocenters. The van der Waals surface area contributed by atoms with E-state index in [1.165, 1.54) is 110 Å². The van der Waals surface area contributed by atoms with Crippen LogP contribution in [-0.2, 0) is 5.41 Å². The summed E-state index contributed by atoms with van der Waals surface area (Å²) in [4.78, 5) is 2.55. The molecule has 0 saturated carbocycles. The highest BCUT2D eigenvalue weighted by Gasteiger charge is 2.37. The fourth-order valence-corrected chi connectivity index (χ4v) is 11.3. The number of hydrogen-bond donors (Lipinski definition) is 0. The predicted molar refractivity (Wildman–Crippen MR) is 298 cm³/mol. The molecule has 70 heavy (non-hydrogen) atoms. The van der Waals surface area contributed by atoms with Gasteiger partial charge in [-0.1, -0.05) is 238 Å². The molecule has 1 nitrogen and oxygen atoms in total. The van der Waals surface area contributed by atoms with Crippen LogP contribution in [0.3, 0.4) is 0 Å². The summed E-state index contributed by atoms with van der Waals surface area (Å²) in [7, 11) is 0. The van der Waals surface area contributed by atoms with Crippen molar-refractivity contribution in [2.24, 2.45) is 0 Å². The fourth-order valence-electron chi connectivity index (χ4n) is 11.3. The normalized spacial score (nSPS) is 12.5. The Morgan fingerprint density at radius 3 is 1.40 bits per heavy atom. The Balaban J connectivity index is 1.04. The van der Waals surface area contributed by atoms with Crippen molar-refractivity contribution in [1.82, 2.24) is 0 Å². The summed E-state index contributed by atoms with van der Waals surface area (Å²) in [6, 6.07) is 96.4. The minimum atomic E-state index is -0.242. The Kier molecular flexibility index (Phi) is 9.92. The van der Waals surface area contributed by atoms with Crippen LogP contribution >= 0.6 is 0 Å². The van der Waals surface area contributed by atoms with Crippen molar-refractivity contribution >= 4 is 49.4 Å². The lowest BCUT2D eigenvalue weighted by Crippen LogP contribution is -2.17. The highest BCUT2D eigenvalue weighted by Crippen LogP contribution is 2.54. The molecule has 12 aromatic carbocycles. The summed E-state index contributed by atoms with van der Waals surface area (Å²) >= 11 is 0. The maximum Gasteiger partial charge on any atom is 0.0624 e. The molecule has 0 fully saturated rings. The first kappa shape index (κ1) is 41.4. The minimum Gasteiger partial charge on any atom is -0.309 e. The van der Waals surface area contributed by atoms with Gasteiger partial charge in [0.1, 0.15) is 0 Å². The molecule has 0 bridgehead atoms. The average molecular weight is 892 g/mol. The summed E-state index contributed by atoms with van der Waals surface area (Å²) in [6.45, 7) is 4.79.